The first-order valence-electron chi connectivity index (χ1n) is 5.57. The van der Waals surface area contributed by atoms with E-state index in [-0.39, 0.29) is 17.5 Å². The number of anilines is 2. The van der Waals surface area contributed by atoms with Crippen LogP contribution in [-0.4, -0.2) is 30.5 Å². The van der Waals surface area contributed by atoms with Crippen LogP contribution in [0.5, 0.6) is 0 Å². The summed E-state index contributed by atoms with van der Waals surface area (Å²) >= 11 is 0. The molecule has 0 bridgehead atoms. The van der Waals surface area contributed by atoms with Gasteiger partial charge in [0.25, 0.3) is 0 Å². The molecule has 18 heavy (non-hydrogen) atoms. The number of hydrogen-bond acceptors (Lipinski definition) is 4. The third-order valence-electron chi connectivity index (χ3n) is 2.27. The first kappa shape index (κ1) is 14.1. The van der Waals surface area contributed by atoms with Gasteiger partial charge in [0.2, 0.25) is 5.91 Å². The van der Waals surface area contributed by atoms with Crippen LogP contribution in [0.25, 0.3) is 0 Å². The Bertz CT molecular complexity index is 439. The molecule has 1 aromatic rings. The summed E-state index contributed by atoms with van der Waals surface area (Å²) in [4.78, 5) is 15.1. The summed E-state index contributed by atoms with van der Waals surface area (Å²) < 4.78 is 26.8. The fraction of sp³-hybridized carbons (Fsp3) is 0.455. The maximum atomic E-state index is 13.5. The molecule has 5 nitrogen and oxygen atoms in total. The van der Waals surface area contributed by atoms with Crippen molar-refractivity contribution in [1.29, 1.82) is 0 Å². The topological polar surface area (TPSA) is 66.0 Å². The van der Waals surface area contributed by atoms with E-state index in [9.17, 15) is 13.6 Å². The number of rotatable bonds is 5. The van der Waals surface area contributed by atoms with E-state index in [0.29, 0.717) is 6.54 Å². The Morgan fingerprint density at radius 1 is 1.39 bits per heavy atom. The summed E-state index contributed by atoms with van der Waals surface area (Å²) in [6, 6.07) is 0.0566. The molecule has 0 spiro atoms. The molecule has 0 aromatic carbocycles. The number of nitrogens with one attached hydrogen (secondary N) is 3. The minimum absolute atomic E-state index is 0.0505. The van der Waals surface area contributed by atoms with Crippen molar-refractivity contribution in [3.63, 3.8) is 0 Å². The van der Waals surface area contributed by atoms with Crippen LogP contribution in [-0.2, 0) is 4.79 Å². The highest BCUT2D eigenvalue weighted by molar-refractivity contribution is 5.83. The van der Waals surface area contributed by atoms with Gasteiger partial charge in [0.15, 0.2) is 23.3 Å². The summed E-state index contributed by atoms with van der Waals surface area (Å²) in [6.45, 7) is 3.78. The van der Waals surface area contributed by atoms with Crippen molar-refractivity contribution in [3.8, 4) is 0 Å². The molecular formula is C11H16F2N4O. The van der Waals surface area contributed by atoms with Crippen LogP contribution in [0.3, 0.4) is 0 Å². The standard InChI is InChI=1S/C11H16F2N4O/c1-4-15-9-7(12)5-8(13)10(17-9)16-6(2)11(18)14-3/h5-6H,4H2,1-3H3,(H,14,18)(H2,15,16,17). The highest BCUT2D eigenvalue weighted by Gasteiger charge is 2.16. The number of halogens is 2. The molecular weight excluding hydrogens is 242 g/mol. The Morgan fingerprint density at radius 3 is 2.56 bits per heavy atom. The fourth-order valence-electron chi connectivity index (χ4n) is 1.35. The first-order valence-corrected chi connectivity index (χ1v) is 5.57. The average molecular weight is 258 g/mol. The summed E-state index contributed by atoms with van der Waals surface area (Å²) in [6.07, 6.45) is 0. The van der Waals surface area contributed by atoms with Crippen LogP contribution in [0, 0.1) is 11.6 Å². The monoisotopic (exact) mass is 258 g/mol. The lowest BCUT2D eigenvalue weighted by molar-refractivity contribution is -0.121. The molecule has 0 aliphatic carbocycles. The van der Waals surface area contributed by atoms with Crippen molar-refractivity contribution in [1.82, 2.24) is 10.3 Å². The van der Waals surface area contributed by atoms with Crippen molar-refractivity contribution in [3.05, 3.63) is 17.7 Å². The van der Waals surface area contributed by atoms with Gasteiger partial charge in [-0.05, 0) is 13.8 Å². The number of carbonyl (C=O) groups excluding carboxylic acids is 1. The van der Waals surface area contributed by atoms with E-state index in [1.165, 1.54) is 7.05 Å². The van der Waals surface area contributed by atoms with Crippen molar-refractivity contribution in [2.45, 2.75) is 19.9 Å². The third-order valence-corrected chi connectivity index (χ3v) is 2.27. The van der Waals surface area contributed by atoms with Crippen LogP contribution < -0.4 is 16.0 Å². The predicted molar refractivity (Wildman–Crippen MR) is 65.5 cm³/mol. The Morgan fingerprint density at radius 2 is 2.00 bits per heavy atom. The molecule has 1 atom stereocenters. The zero-order valence-electron chi connectivity index (χ0n) is 10.5. The van der Waals surface area contributed by atoms with Gasteiger partial charge in [-0.25, -0.2) is 13.8 Å². The molecule has 0 radical (unpaired) electrons. The lowest BCUT2D eigenvalue weighted by Gasteiger charge is -2.14. The van der Waals surface area contributed by atoms with Crippen LogP contribution in [0.2, 0.25) is 0 Å². The largest absolute Gasteiger partial charge is 0.368 e. The summed E-state index contributed by atoms with van der Waals surface area (Å²) in [5.74, 6) is -2.14. The maximum Gasteiger partial charge on any atom is 0.241 e. The molecule has 7 heteroatoms. The molecule has 0 saturated heterocycles. The second-order valence-electron chi connectivity index (χ2n) is 3.66. The molecule has 1 unspecified atom stereocenters. The molecule has 0 saturated carbocycles. The van der Waals surface area contributed by atoms with Gasteiger partial charge in [0.1, 0.15) is 6.04 Å². The van der Waals surface area contributed by atoms with Crippen molar-refractivity contribution >= 4 is 17.5 Å². The van der Waals surface area contributed by atoms with E-state index in [0.717, 1.165) is 6.07 Å². The van der Waals surface area contributed by atoms with E-state index in [4.69, 9.17) is 0 Å². The second kappa shape index (κ2) is 6.13. The maximum absolute atomic E-state index is 13.5. The molecule has 100 valence electrons. The quantitative estimate of drug-likeness (QED) is 0.745. The molecule has 0 aliphatic heterocycles. The zero-order chi connectivity index (χ0) is 13.7. The predicted octanol–water partition coefficient (Wildman–Crippen LogP) is 1.34. The number of aromatic nitrogens is 1. The Kier molecular flexibility index (Phi) is 4.82. The zero-order valence-corrected chi connectivity index (χ0v) is 10.5. The van der Waals surface area contributed by atoms with Gasteiger partial charge >= 0.3 is 0 Å². The van der Waals surface area contributed by atoms with Crippen molar-refractivity contribution in [2.24, 2.45) is 0 Å². The molecule has 1 aromatic heterocycles. The molecule has 3 N–H and O–H groups in total. The smallest absolute Gasteiger partial charge is 0.241 e. The number of nitrogens with zero attached hydrogens (tertiary/aromatic N) is 1. The molecule has 0 aliphatic rings. The average Bonchev–Trinajstić information content (AvgIpc) is 2.34. The Balaban J connectivity index is 2.94. The van der Waals surface area contributed by atoms with Gasteiger partial charge in [-0.1, -0.05) is 0 Å². The van der Waals surface area contributed by atoms with E-state index in [2.05, 4.69) is 20.9 Å². The number of carbonyl (C=O) groups is 1. The molecule has 1 amide bonds. The van der Waals surface area contributed by atoms with Crippen LogP contribution >= 0.6 is 0 Å². The second-order valence-corrected chi connectivity index (χ2v) is 3.66. The SMILES string of the molecule is CCNc1nc(NC(C)C(=O)NC)c(F)cc1F. The molecule has 0 fully saturated rings. The van der Waals surface area contributed by atoms with Crippen LogP contribution in [0.15, 0.2) is 6.07 Å². The number of amides is 1. The van der Waals surface area contributed by atoms with Gasteiger partial charge in [-0.15, -0.1) is 0 Å². The minimum Gasteiger partial charge on any atom is -0.368 e. The number of likely N-dealkylation sites (N-methyl/N-ethyl adjacent to an activating group) is 1. The van der Waals surface area contributed by atoms with E-state index in [1.807, 2.05) is 0 Å². The van der Waals surface area contributed by atoms with Gasteiger partial charge < -0.3 is 16.0 Å². The first-order chi connectivity index (χ1) is 8.49. The highest BCUT2D eigenvalue weighted by Crippen LogP contribution is 2.19. The third kappa shape index (κ3) is 3.28. The normalized spacial score (nSPS) is 11.8. The lowest BCUT2D eigenvalue weighted by Crippen LogP contribution is -2.35. The van der Waals surface area contributed by atoms with E-state index < -0.39 is 17.7 Å². The summed E-state index contributed by atoms with van der Waals surface area (Å²) in [7, 11) is 1.47. The van der Waals surface area contributed by atoms with Gasteiger partial charge in [-0.3, -0.25) is 4.79 Å². The number of pyridine rings is 1. The number of hydrogen-bond donors (Lipinski definition) is 3. The minimum atomic E-state index is -0.843. The van der Waals surface area contributed by atoms with Crippen LogP contribution in [0.4, 0.5) is 20.4 Å². The molecule has 1 rings (SSSR count). The van der Waals surface area contributed by atoms with Gasteiger partial charge in [0.05, 0.1) is 0 Å². The highest BCUT2D eigenvalue weighted by atomic mass is 19.1. The van der Waals surface area contributed by atoms with E-state index >= 15 is 0 Å². The van der Waals surface area contributed by atoms with Gasteiger partial charge in [0, 0.05) is 19.7 Å². The van der Waals surface area contributed by atoms with E-state index in [1.54, 1.807) is 13.8 Å². The Labute approximate surface area is 104 Å². The summed E-state index contributed by atoms with van der Waals surface area (Å²) in [5.41, 5.74) is 0. The van der Waals surface area contributed by atoms with Crippen molar-refractivity contribution in [2.75, 3.05) is 24.2 Å². The fourth-order valence-corrected chi connectivity index (χ4v) is 1.35. The van der Waals surface area contributed by atoms with Crippen LogP contribution in [0.1, 0.15) is 13.8 Å². The van der Waals surface area contributed by atoms with Gasteiger partial charge in [-0.2, -0.15) is 0 Å². The van der Waals surface area contributed by atoms with Crippen molar-refractivity contribution < 1.29 is 13.6 Å². The lowest BCUT2D eigenvalue weighted by atomic mass is 10.3. The molecule has 1 heterocycles. The Hall–Kier alpha value is -1.92. The summed E-state index contributed by atoms with van der Waals surface area (Å²) in [5, 5.41) is 7.66.